The van der Waals surface area contributed by atoms with Crippen molar-refractivity contribution in [2.75, 3.05) is 19.5 Å². The molecule has 1 amide bonds. The van der Waals surface area contributed by atoms with Crippen molar-refractivity contribution < 1.29 is 14.3 Å². The molecule has 4 rings (SSSR count). The van der Waals surface area contributed by atoms with Gasteiger partial charge in [0.05, 0.1) is 25.6 Å². The van der Waals surface area contributed by atoms with Crippen LogP contribution in [0.2, 0.25) is 0 Å². The highest BCUT2D eigenvalue weighted by Gasteiger charge is 2.13. The lowest BCUT2D eigenvalue weighted by Gasteiger charge is -2.11. The molecule has 6 nitrogen and oxygen atoms in total. The van der Waals surface area contributed by atoms with E-state index in [1.165, 1.54) is 0 Å². The van der Waals surface area contributed by atoms with Crippen LogP contribution in [0.3, 0.4) is 0 Å². The zero-order valence-corrected chi connectivity index (χ0v) is 17.0. The Kier molecular flexibility index (Phi) is 5.48. The van der Waals surface area contributed by atoms with Gasteiger partial charge in [-0.3, -0.25) is 9.20 Å². The molecule has 1 N–H and O–H groups in total. The highest BCUT2D eigenvalue weighted by Crippen LogP contribution is 2.29. The summed E-state index contributed by atoms with van der Waals surface area (Å²) < 4.78 is 12.6. The number of ether oxygens (including phenoxy) is 2. The van der Waals surface area contributed by atoms with Gasteiger partial charge >= 0.3 is 0 Å². The van der Waals surface area contributed by atoms with Gasteiger partial charge < -0.3 is 14.8 Å². The quantitative estimate of drug-likeness (QED) is 0.484. The number of hydrogen-bond donors (Lipinski definition) is 1. The lowest BCUT2D eigenvalue weighted by molar-refractivity contribution is -0.116. The van der Waals surface area contributed by atoms with E-state index in [0.29, 0.717) is 30.0 Å². The van der Waals surface area contributed by atoms with Gasteiger partial charge in [-0.15, -0.1) is 11.3 Å². The van der Waals surface area contributed by atoms with E-state index in [9.17, 15) is 4.79 Å². The number of aryl methyl sites for hydroxylation is 1. The molecule has 2 heterocycles. The molecule has 7 heteroatoms. The minimum absolute atomic E-state index is 0.0729. The molecule has 0 spiro atoms. The maximum absolute atomic E-state index is 12.5. The van der Waals surface area contributed by atoms with E-state index in [-0.39, 0.29) is 5.91 Å². The summed E-state index contributed by atoms with van der Waals surface area (Å²) in [6, 6.07) is 15.4. The third kappa shape index (κ3) is 4.09. The second-order valence-electron chi connectivity index (χ2n) is 6.49. The van der Waals surface area contributed by atoms with Crippen molar-refractivity contribution >= 4 is 27.9 Å². The molecular formula is C22H21N3O3S. The molecule has 2 aromatic carbocycles. The molecule has 4 aromatic rings. The number of nitrogens with zero attached hydrogens (tertiary/aromatic N) is 2. The van der Waals surface area contributed by atoms with Crippen LogP contribution in [0.25, 0.3) is 16.2 Å². The lowest BCUT2D eigenvalue weighted by Crippen LogP contribution is -2.13. The third-order valence-electron chi connectivity index (χ3n) is 4.64. The van der Waals surface area contributed by atoms with Gasteiger partial charge in [0.2, 0.25) is 5.91 Å². The number of benzene rings is 2. The SMILES string of the molecule is COc1ccc(NC(=O)CCc2csc3nc(-c4ccccc4)cn23)c(OC)c1. The van der Waals surface area contributed by atoms with Crippen molar-refractivity contribution in [1.82, 2.24) is 9.38 Å². The standard InChI is InChI=1S/C22H21N3O3S/c1-27-17-9-10-18(20(12-17)28-2)23-21(26)11-8-16-14-29-22-24-19(13-25(16)22)15-6-4-3-5-7-15/h3-7,9-10,12-14H,8,11H2,1-2H3,(H,23,26). The summed E-state index contributed by atoms with van der Waals surface area (Å²) in [5.74, 6) is 1.17. The maximum Gasteiger partial charge on any atom is 0.224 e. The molecule has 0 radical (unpaired) electrons. The Bertz CT molecular complexity index is 1130. The van der Waals surface area contributed by atoms with Crippen molar-refractivity contribution in [3.63, 3.8) is 0 Å². The number of aromatic nitrogens is 2. The van der Waals surface area contributed by atoms with Gasteiger partial charge in [0.15, 0.2) is 4.96 Å². The number of nitrogens with one attached hydrogen (secondary N) is 1. The molecule has 0 atom stereocenters. The van der Waals surface area contributed by atoms with E-state index in [2.05, 4.69) is 15.1 Å². The van der Waals surface area contributed by atoms with E-state index >= 15 is 0 Å². The predicted molar refractivity (Wildman–Crippen MR) is 115 cm³/mol. The van der Waals surface area contributed by atoms with Crippen molar-refractivity contribution in [2.45, 2.75) is 12.8 Å². The summed E-state index contributed by atoms with van der Waals surface area (Å²) in [6.45, 7) is 0. The molecule has 0 unspecified atom stereocenters. The van der Waals surface area contributed by atoms with Crippen LogP contribution in [0, 0.1) is 0 Å². The largest absolute Gasteiger partial charge is 0.497 e. The van der Waals surface area contributed by atoms with Crippen molar-refractivity contribution in [1.29, 1.82) is 0 Å². The van der Waals surface area contributed by atoms with Crippen molar-refractivity contribution in [2.24, 2.45) is 0 Å². The second kappa shape index (κ2) is 8.36. The first-order valence-corrected chi connectivity index (χ1v) is 10.1. The highest BCUT2D eigenvalue weighted by atomic mass is 32.1. The predicted octanol–water partition coefficient (Wildman–Crippen LogP) is 4.65. The van der Waals surface area contributed by atoms with Crippen LogP contribution < -0.4 is 14.8 Å². The number of thiazole rings is 1. The number of fused-ring (bicyclic) bond motifs is 1. The van der Waals surface area contributed by atoms with Crippen LogP contribution in [-0.4, -0.2) is 29.5 Å². The maximum atomic E-state index is 12.5. The molecule has 0 aliphatic rings. The van der Waals surface area contributed by atoms with Crippen molar-refractivity contribution in [3.05, 3.63) is 65.8 Å². The number of rotatable bonds is 7. The Morgan fingerprint density at radius 2 is 1.97 bits per heavy atom. The number of imidazole rings is 1. The fourth-order valence-electron chi connectivity index (χ4n) is 3.11. The van der Waals surface area contributed by atoms with Crippen LogP contribution in [0.5, 0.6) is 11.5 Å². The van der Waals surface area contributed by atoms with E-state index in [1.807, 2.05) is 36.5 Å². The Morgan fingerprint density at radius 1 is 1.14 bits per heavy atom. The monoisotopic (exact) mass is 407 g/mol. The first-order chi connectivity index (χ1) is 14.2. The minimum atomic E-state index is -0.0729. The molecule has 148 valence electrons. The summed E-state index contributed by atoms with van der Waals surface area (Å²) in [6.07, 6.45) is 3.01. The number of hydrogen-bond acceptors (Lipinski definition) is 5. The summed E-state index contributed by atoms with van der Waals surface area (Å²) in [7, 11) is 3.16. The fraction of sp³-hybridized carbons (Fsp3) is 0.182. The van der Waals surface area contributed by atoms with Gasteiger partial charge in [0.1, 0.15) is 11.5 Å². The van der Waals surface area contributed by atoms with Gasteiger partial charge in [-0.1, -0.05) is 30.3 Å². The summed E-state index contributed by atoms with van der Waals surface area (Å²) >= 11 is 1.58. The second-order valence-corrected chi connectivity index (χ2v) is 7.32. The third-order valence-corrected chi connectivity index (χ3v) is 5.53. The summed E-state index contributed by atoms with van der Waals surface area (Å²) in [5, 5.41) is 4.97. The van der Waals surface area contributed by atoms with Gasteiger partial charge in [0.25, 0.3) is 0 Å². The molecule has 0 saturated carbocycles. The molecule has 0 aliphatic heterocycles. The van der Waals surface area contributed by atoms with E-state index in [1.54, 1.807) is 43.8 Å². The van der Waals surface area contributed by atoms with Gasteiger partial charge in [0, 0.05) is 35.3 Å². The van der Waals surface area contributed by atoms with E-state index < -0.39 is 0 Å². The average Bonchev–Trinajstić information content (AvgIpc) is 3.34. The molecule has 0 saturated heterocycles. The molecule has 0 fully saturated rings. The average molecular weight is 407 g/mol. The molecule has 29 heavy (non-hydrogen) atoms. The number of amides is 1. The van der Waals surface area contributed by atoms with Crippen LogP contribution in [0.15, 0.2) is 60.1 Å². The molecule has 0 aliphatic carbocycles. The number of carbonyl (C=O) groups is 1. The van der Waals surface area contributed by atoms with Crippen LogP contribution in [-0.2, 0) is 11.2 Å². The molecule has 0 bridgehead atoms. The van der Waals surface area contributed by atoms with Crippen LogP contribution >= 0.6 is 11.3 Å². The van der Waals surface area contributed by atoms with Crippen LogP contribution in [0.1, 0.15) is 12.1 Å². The normalized spacial score (nSPS) is 10.8. The first-order valence-electron chi connectivity index (χ1n) is 9.20. The number of methoxy groups -OCH3 is 2. The Labute approximate surface area is 172 Å². The van der Waals surface area contributed by atoms with Gasteiger partial charge in [-0.25, -0.2) is 4.98 Å². The van der Waals surface area contributed by atoms with E-state index in [4.69, 9.17) is 14.5 Å². The van der Waals surface area contributed by atoms with Gasteiger partial charge in [-0.2, -0.15) is 0 Å². The smallest absolute Gasteiger partial charge is 0.224 e. The first kappa shape index (κ1) is 19.0. The van der Waals surface area contributed by atoms with Crippen LogP contribution in [0.4, 0.5) is 5.69 Å². The fourth-order valence-corrected chi connectivity index (χ4v) is 4.02. The number of carbonyl (C=O) groups excluding carboxylic acids is 1. The van der Waals surface area contributed by atoms with Crippen molar-refractivity contribution in [3.8, 4) is 22.8 Å². The Hall–Kier alpha value is -3.32. The Balaban J connectivity index is 1.44. The zero-order chi connectivity index (χ0) is 20.2. The number of anilines is 1. The highest BCUT2D eigenvalue weighted by molar-refractivity contribution is 7.15. The Morgan fingerprint density at radius 3 is 2.72 bits per heavy atom. The minimum Gasteiger partial charge on any atom is -0.497 e. The zero-order valence-electron chi connectivity index (χ0n) is 16.2. The molecule has 2 aromatic heterocycles. The molecular weight excluding hydrogens is 386 g/mol. The van der Waals surface area contributed by atoms with Gasteiger partial charge in [-0.05, 0) is 18.6 Å². The topological polar surface area (TPSA) is 64.9 Å². The summed E-state index contributed by atoms with van der Waals surface area (Å²) in [4.78, 5) is 18.1. The summed E-state index contributed by atoms with van der Waals surface area (Å²) in [5.41, 5.74) is 3.71. The lowest BCUT2D eigenvalue weighted by atomic mass is 10.2. The van der Waals surface area contributed by atoms with E-state index in [0.717, 1.165) is 21.9 Å².